The van der Waals surface area contributed by atoms with Gasteiger partial charge in [-0.2, -0.15) is 0 Å². The van der Waals surface area contributed by atoms with Crippen LogP contribution in [0.4, 0.5) is 0 Å². The molecule has 1 heterocycles. The van der Waals surface area contributed by atoms with Crippen LogP contribution in [0.25, 0.3) is 16.7 Å². The van der Waals surface area contributed by atoms with E-state index in [2.05, 4.69) is 25.8 Å². The van der Waals surface area contributed by atoms with Gasteiger partial charge in [-0.25, -0.2) is 4.98 Å². The van der Waals surface area contributed by atoms with Crippen LogP contribution in [-0.4, -0.2) is 30.3 Å². The number of hydrogen-bond acceptors (Lipinski definition) is 4. The van der Waals surface area contributed by atoms with E-state index in [4.69, 9.17) is 4.42 Å². The summed E-state index contributed by atoms with van der Waals surface area (Å²) in [5, 5.41) is 0. The Bertz CT molecular complexity index is 661. The lowest BCUT2D eigenvalue weighted by Gasteiger charge is -2.18. The maximum Gasteiger partial charge on any atom is 0.232 e. The Hall–Kier alpha value is -2.10. The van der Waals surface area contributed by atoms with E-state index in [9.17, 15) is 4.79 Å². The van der Waals surface area contributed by atoms with Crippen LogP contribution in [0.2, 0.25) is 0 Å². The molecule has 0 aliphatic carbocycles. The third-order valence-electron chi connectivity index (χ3n) is 3.02. The van der Waals surface area contributed by atoms with Gasteiger partial charge < -0.3 is 9.32 Å². The molecule has 106 valence electrons. The van der Waals surface area contributed by atoms with E-state index in [1.807, 2.05) is 32.3 Å². The Morgan fingerprint density at radius 1 is 1.30 bits per heavy atom. The topological polar surface area (TPSA) is 46.3 Å². The molecule has 4 nitrogen and oxygen atoms in total. The Balaban J connectivity index is 2.51. The van der Waals surface area contributed by atoms with Crippen LogP contribution in [-0.2, 0) is 10.2 Å². The van der Waals surface area contributed by atoms with Gasteiger partial charge in [0, 0.05) is 20.3 Å². The summed E-state index contributed by atoms with van der Waals surface area (Å²) in [5.74, 6) is 0.356. The third kappa shape index (κ3) is 2.90. The lowest BCUT2D eigenvalue weighted by Crippen LogP contribution is -2.10. The van der Waals surface area contributed by atoms with Gasteiger partial charge in [-0.1, -0.05) is 26.8 Å². The molecular weight excluding hydrogens is 252 g/mol. The van der Waals surface area contributed by atoms with Crippen molar-refractivity contribution in [3.63, 3.8) is 0 Å². The number of benzene rings is 1. The average molecular weight is 272 g/mol. The van der Waals surface area contributed by atoms with Crippen molar-refractivity contribution in [2.75, 3.05) is 14.1 Å². The van der Waals surface area contributed by atoms with Crippen LogP contribution in [0, 0.1) is 0 Å². The first-order valence-corrected chi connectivity index (χ1v) is 6.56. The zero-order chi connectivity index (χ0) is 14.9. The first-order chi connectivity index (χ1) is 9.31. The number of aldehydes is 1. The van der Waals surface area contributed by atoms with Crippen LogP contribution in [0.5, 0.6) is 0 Å². The molecule has 0 amide bonds. The number of allylic oxidation sites excluding steroid dienone is 1. The maximum absolute atomic E-state index is 11.1. The van der Waals surface area contributed by atoms with Crippen LogP contribution in [0.15, 0.2) is 28.8 Å². The zero-order valence-electron chi connectivity index (χ0n) is 12.6. The summed E-state index contributed by atoms with van der Waals surface area (Å²) in [6.45, 7) is 6.45. The molecule has 2 rings (SSSR count). The fourth-order valence-electron chi connectivity index (χ4n) is 1.93. The van der Waals surface area contributed by atoms with Gasteiger partial charge >= 0.3 is 0 Å². The minimum Gasteiger partial charge on any atom is -0.436 e. The van der Waals surface area contributed by atoms with Crippen LogP contribution < -0.4 is 0 Å². The SMILES string of the molecule is CN(C)/C=C(\C=O)c1nc2cc(C(C)(C)C)ccc2o1. The van der Waals surface area contributed by atoms with Gasteiger partial charge in [0.15, 0.2) is 11.9 Å². The zero-order valence-corrected chi connectivity index (χ0v) is 12.6. The second kappa shape index (κ2) is 5.12. The van der Waals surface area contributed by atoms with E-state index in [1.54, 1.807) is 11.1 Å². The molecule has 4 heteroatoms. The molecule has 0 saturated carbocycles. The quantitative estimate of drug-likeness (QED) is 0.635. The van der Waals surface area contributed by atoms with Gasteiger partial charge in [-0.15, -0.1) is 0 Å². The summed E-state index contributed by atoms with van der Waals surface area (Å²) >= 11 is 0. The van der Waals surface area contributed by atoms with Crippen molar-refractivity contribution in [3.05, 3.63) is 35.9 Å². The van der Waals surface area contributed by atoms with Gasteiger partial charge in [0.1, 0.15) is 5.52 Å². The van der Waals surface area contributed by atoms with Crippen molar-refractivity contribution >= 4 is 23.0 Å². The minimum absolute atomic E-state index is 0.0558. The molecule has 0 bridgehead atoms. The lowest BCUT2D eigenvalue weighted by atomic mass is 9.87. The molecule has 0 N–H and O–H groups in total. The largest absolute Gasteiger partial charge is 0.436 e. The van der Waals surface area contributed by atoms with Gasteiger partial charge in [-0.05, 0) is 23.1 Å². The lowest BCUT2D eigenvalue weighted by molar-refractivity contribution is -0.103. The summed E-state index contributed by atoms with van der Waals surface area (Å²) in [5.41, 5.74) is 3.15. The normalized spacial score (nSPS) is 12.8. The predicted molar refractivity (Wildman–Crippen MR) is 80.4 cm³/mol. The molecule has 0 aliphatic heterocycles. The number of oxazole rings is 1. The van der Waals surface area contributed by atoms with Gasteiger partial charge in [0.25, 0.3) is 0 Å². The van der Waals surface area contributed by atoms with E-state index < -0.39 is 0 Å². The monoisotopic (exact) mass is 272 g/mol. The van der Waals surface area contributed by atoms with Crippen molar-refractivity contribution in [2.24, 2.45) is 0 Å². The Kier molecular flexibility index (Phi) is 3.66. The number of aromatic nitrogens is 1. The summed E-state index contributed by atoms with van der Waals surface area (Å²) < 4.78 is 5.65. The van der Waals surface area contributed by atoms with E-state index in [-0.39, 0.29) is 5.41 Å². The highest BCUT2D eigenvalue weighted by Crippen LogP contribution is 2.27. The standard InChI is InChI=1S/C16H20N2O2/c1-16(2,3)12-6-7-14-13(8-12)17-15(20-14)11(10-19)9-18(4)5/h6-10H,1-5H3/b11-9+. The second-order valence-electron chi connectivity index (χ2n) is 6.12. The molecule has 0 fully saturated rings. The van der Waals surface area contributed by atoms with Crippen molar-refractivity contribution in [2.45, 2.75) is 26.2 Å². The maximum atomic E-state index is 11.1. The number of carbonyl (C=O) groups is 1. The summed E-state index contributed by atoms with van der Waals surface area (Å²) in [6.07, 6.45) is 2.46. The van der Waals surface area contributed by atoms with E-state index in [0.717, 1.165) is 11.8 Å². The predicted octanol–water partition coefficient (Wildman–Crippen LogP) is 3.23. The molecule has 2 aromatic rings. The highest BCUT2D eigenvalue weighted by Gasteiger charge is 2.16. The first-order valence-electron chi connectivity index (χ1n) is 6.56. The number of rotatable bonds is 3. The number of hydrogen-bond donors (Lipinski definition) is 0. The van der Waals surface area contributed by atoms with Crippen molar-refractivity contribution in [1.29, 1.82) is 0 Å². The number of nitrogens with zero attached hydrogens (tertiary/aromatic N) is 2. The van der Waals surface area contributed by atoms with E-state index >= 15 is 0 Å². The highest BCUT2D eigenvalue weighted by atomic mass is 16.3. The molecule has 1 aromatic heterocycles. The smallest absolute Gasteiger partial charge is 0.232 e. The molecule has 0 atom stereocenters. The average Bonchev–Trinajstić information content (AvgIpc) is 2.76. The van der Waals surface area contributed by atoms with Crippen molar-refractivity contribution < 1.29 is 9.21 Å². The van der Waals surface area contributed by atoms with Crippen LogP contribution >= 0.6 is 0 Å². The fourth-order valence-corrected chi connectivity index (χ4v) is 1.93. The van der Waals surface area contributed by atoms with Gasteiger partial charge in [0.2, 0.25) is 5.89 Å². The summed E-state index contributed by atoms with van der Waals surface area (Å²) in [4.78, 5) is 17.4. The second-order valence-corrected chi connectivity index (χ2v) is 6.12. The molecule has 0 aliphatic rings. The Morgan fingerprint density at radius 3 is 2.55 bits per heavy atom. The van der Waals surface area contributed by atoms with Crippen molar-refractivity contribution in [3.8, 4) is 0 Å². The molecule has 0 saturated heterocycles. The van der Waals surface area contributed by atoms with Crippen LogP contribution in [0.3, 0.4) is 0 Å². The molecule has 1 aromatic carbocycles. The van der Waals surface area contributed by atoms with Gasteiger partial charge in [0.05, 0.1) is 5.57 Å². The van der Waals surface area contributed by atoms with E-state index in [0.29, 0.717) is 17.0 Å². The molecule has 20 heavy (non-hydrogen) atoms. The molecular formula is C16H20N2O2. The van der Waals surface area contributed by atoms with Crippen LogP contribution in [0.1, 0.15) is 32.2 Å². The number of fused-ring (bicyclic) bond motifs is 1. The molecule has 0 radical (unpaired) electrons. The van der Waals surface area contributed by atoms with Gasteiger partial charge in [-0.3, -0.25) is 4.79 Å². The fraction of sp³-hybridized carbons (Fsp3) is 0.375. The third-order valence-corrected chi connectivity index (χ3v) is 3.02. The summed E-state index contributed by atoms with van der Waals surface area (Å²) in [7, 11) is 3.70. The van der Waals surface area contributed by atoms with E-state index in [1.165, 1.54) is 5.56 Å². The highest BCUT2D eigenvalue weighted by molar-refractivity contribution is 6.05. The molecule has 0 unspecified atom stereocenters. The van der Waals surface area contributed by atoms with Crippen molar-refractivity contribution in [1.82, 2.24) is 9.88 Å². The Morgan fingerprint density at radius 2 is 2.00 bits per heavy atom. The minimum atomic E-state index is 0.0558. The first kappa shape index (κ1) is 14.3. The number of carbonyl (C=O) groups excluding carboxylic acids is 1. The molecule has 0 spiro atoms. The Labute approximate surface area is 119 Å². The summed E-state index contributed by atoms with van der Waals surface area (Å²) in [6, 6.07) is 5.96.